The molecule has 1 fully saturated rings. The zero-order valence-corrected chi connectivity index (χ0v) is 21.5. The number of esters is 1. The summed E-state index contributed by atoms with van der Waals surface area (Å²) in [6.07, 6.45) is 2.79. The second kappa shape index (κ2) is 10.5. The van der Waals surface area contributed by atoms with E-state index in [0.717, 1.165) is 23.7 Å². The highest BCUT2D eigenvalue weighted by molar-refractivity contribution is 6.09. The van der Waals surface area contributed by atoms with Crippen molar-refractivity contribution in [3.63, 3.8) is 0 Å². The van der Waals surface area contributed by atoms with Crippen molar-refractivity contribution >= 4 is 17.6 Å². The van der Waals surface area contributed by atoms with E-state index in [2.05, 4.69) is 4.90 Å². The fourth-order valence-electron chi connectivity index (χ4n) is 5.69. The average Bonchev–Trinajstić information content (AvgIpc) is 3.05. The molecule has 5 rings (SSSR count). The number of halogens is 2. The number of ether oxygens (including phenoxy) is 2. The van der Waals surface area contributed by atoms with Crippen LogP contribution in [0.25, 0.3) is 0 Å². The van der Waals surface area contributed by atoms with Crippen LogP contribution >= 0.6 is 0 Å². The van der Waals surface area contributed by atoms with Crippen molar-refractivity contribution in [2.75, 3.05) is 32.2 Å². The van der Waals surface area contributed by atoms with Crippen LogP contribution in [0.3, 0.4) is 0 Å². The molecule has 6 nitrogen and oxygen atoms in total. The minimum absolute atomic E-state index is 0.104. The Morgan fingerprint density at radius 1 is 0.921 bits per heavy atom. The van der Waals surface area contributed by atoms with Crippen molar-refractivity contribution in [3.8, 4) is 5.75 Å². The fourth-order valence-corrected chi connectivity index (χ4v) is 5.69. The van der Waals surface area contributed by atoms with Crippen molar-refractivity contribution in [2.24, 2.45) is 0 Å². The number of hydrogen-bond donors (Lipinski definition) is 0. The topological polar surface area (TPSA) is 59.1 Å². The van der Waals surface area contributed by atoms with E-state index in [1.165, 1.54) is 13.2 Å². The number of hydrogen-bond acceptors (Lipinski definition) is 5. The molecule has 2 aliphatic heterocycles. The molecule has 1 amide bonds. The van der Waals surface area contributed by atoms with Crippen molar-refractivity contribution in [1.29, 1.82) is 0 Å². The fraction of sp³-hybridized carbons (Fsp3) is 0.333. The van der Waals surface area contributed by atoms with Crippen LogP contribution in [0, 0.1) is 11.6 Å². The Kier molecular flexibility index (Phi) is 7.17. The molecular formula is C30H30F2N2O4. The van der Waals surface area contributed by atoms with Crippen molar-refractivity contribution in [2.45, 2.75) is 37.8 Å². The van der Waals surface area contributed by atoms with Gasteiger partial charge < -0.3 is 14.4 Å². The minimum atomic E-state index is -0.853. The first-order valence-electron chi connectivity index (χ1n) is 12.7. The van der Waals surface area contributed by atoms with Gasteiger partial charge in [-0.05, 0) is 91.4 Å². The Morgan fingerprint density at radius 2 is 1.66 bits per heavy atom. The molecule has 0 atom stereocenters. The maximum absolute atomic E-state index is 14.1. The lowest BCUT2D eigenvalue weighted by Crippen LogP contribution is -2.57. The predicted molar refractivity (Wildman–Crippen MR) is 140 cm³/mol. The number of anilines is 1. The number of rotatable bonds is 5. The van der Waals surface area contributed by atoms with Gasteiger partial charge >= 0.3 is 5.97 Å². The van der Waals surface area contributed by atoms with Crippen LogP contribution < -0.4 is 9.64 Å². The first kappa shape index (κ1) is 25.9. The van der Waals surface area contributed by atoms with Crippen LogP contribution in [0.15, 0.2) is 60.7 Å². The van der Waals surface area contributed by atoms with Crippen LogP contribution in [0.4, 0.5) is 14.5 Å². The number of aryl methyl sites for hydroxylation is 1. The summed E-state index contributed by atoms with van der Waals surface area (Å²) in [6.45, 7) is 1.90. The Balaban J connectivity index is 1.46. The largest absolute Gasteiger partial charge is 0.497 e. The summed E-state index contributed by atoms with van der Waals surface area (Å²) in [7, 11) is 2.94. The molecule has 0 saturated carbocycles. The molecular weight excluding hydrogens is 490 g/mol. The van der Waals surface area contributed by atoms with Gasteiger partial charge in [0.1, 0.15) is 5.75 Å². The number of amides is 1. The van der Waals surface area contributed by atoms with Gasteiger partial charge in [-0.1, -0.05) is 6.07 Å². The summed E-state index contributed by atoms with van der Waals surface area (Å²) in [5.74, 6) is -1.53. The molecule has 0 radical (unpaired) electrons. The highest BCUT2D eigenvalue weighted by Gasteiger charge is 2.45. The molecule has 0 N–H and O–H groups in total. The summed E-state index contributed by atoms with van der Waals surface area (Å²) >= 11 is 0. The van der Waals surface area contributed by atoms with Crippen LogP contribution in [0.5, 0.6) is 5.75 Å². The quantitative estimate of drug-likeness (QED) is 0.423. The Labute approximate surface area is 220 Å². The summed E-state index contributed by atoms with van der Waals surface area (Å²) in [4.78, 5) is 30.4. The van der Waals surface area contributed by atoms with Crippen LogP contribution in [-0.4, -0.2) is 49.6 Å². The van der Waals surface area contributed by atoms with Gasteiger partial charge in [-0.15, -0.1) is 0 Å². The van der Waals surface area contributed by atoms with Crippen molar-refractivity contribution in [1.82, 2.24) is 4.90 Å². The zero-order chi connectivity index (χ0) is 26.9. The molecule has 3 aromatic rings. The maximum Gasteiger partial charge on any atom is 0.337 e. The van der Waals surface area contributed by atoms with E-state index in [1.54, 1.807) is 31.4 Å². The number of likely N-dealkylation sites (tertiary alicyclic amines) is 1. The molecule has 1 spiro atoms. The summed E-state index contributed by atoms with van der Waals surface area (Å²) in [6, 6.07) is 16.6. The van der Waals surface area contributed by atoms with Gasteiger partial charge in [0.15, 0.2) is 11.6 Å². The number of nitrogens with zero attached hydrogens (tertiary/aromatic N) is 2. The first-order valence-corrected chi connectivity index (χ1v) is 12.7. The van der Waals surface area contributed by atoms with E-state index in [1.807, 2.05) is 29.2 Å². The van der Waals surface area contributed by atoms with Gasteiger partial charge in [-0.25, -0.2) is 13.6 Å². The smallest absolute Gasteiger partial charge is 0.337 e. The molecule has 8 heteroatoms. The van der Waals surface area contributed by atoms with Gasteiger partial charge in [0, 0.05) is 30.9 Å². The second-order valence-electron chi connectivity index (χ2n) is 9.95. The molecule has 2 aliphatic rings. The molecule has 0 bridgehead atoms. The first-order chi connectivity index (χ1) is 18.3. The average molecular weight is 521 g/mol. The lowest BCUT2D eigenvalue weighted by atomic mass is 9.81. The Bertz CT molecular complexity index is 1350. The van der Waals surface area contributed by atoms with Crippen molar-refractivity contribution in [3.05, 3.63) is 94.6 Å². The number of benzene rings is 3. The third-order valence-corrected chi connectivity index (χ3v) is 7.80. The summed E-state index contributed by atoms with van der Waals surface area (Å²) in [5, 5.41) is 0. The van der Waals surface area contributed by atoms with E-state index < -0.39 is 23.1 Å². The minimum Gasteiger partial charge on any atom is -0.497 e. The molecule has 0 unspecified atom stereocenters. The van der Waals surface area contributed by atoms with Crippen LogP contribution in [0.1, 0.15) is 51.1 Å². The van der Waals surface area contributed by atoms with Gasteiger partial charge in [-0.2, -0.15) is 0 Å². The summed E-state index contributed by atoms with van der Waals surface area (Å²) < 4.78 is 37.4. The number of carbonyl (C=O) groups excluding carboxylic acids is 2. The van der Waals surface area contributed by atoms with E-state index in [9.17, 15) is 18.4 Å². The van der Waals surface area contributed by atoms with E-state index in [-0.39, 0.29) is 5.91 Å². The number of piperidine rings is 1. The predicted octanol–water partition coefficient (Wildman–Crippen LogP) is 5.39. The van der Waals surface area contributed by atoms with Gasteiger partial charge in [0.25, 0.3) is 5.91 Å². The van der Waals surface area contributed by atoms with Crippen LogP contribution in [0.2, 0.25) is 0 Å². The second-order valence-corrected chi connectivity index (χ2v) is 9.95. The lowest BCUT2D eigenvalue weighted by Gasteiger charge is -2.48. The van der Waals surface area contributed by atoms with Gasteiger partial charge in [-0.3, -0.25) is 9.69 Å². The third kappa shape index (κ3) is 4.88. The third-order valence-electron chi connectivity index (χ3n) is 7.80. The maximum atomic E-state index is 14.1. The molecule has 38 heavy (non-hydrogen) atoms. The monoisotopic (exact) mass is 520 g/mol. The zero-order valence-electron chi connectivity index (χ0n) is 21.5. The Morgan fingerprint density at radius 3 is 2.32 bits per heavy atom. The normalized spacial score (nSPS) is 17.2. The molecule has 0 aromatic heterocycles. The number of fused-ring (bicyclic) bond motifs is 1. The lowest BCUT2D eigenvalue weighted by molar-refractivity contribution is 0.0600. The standard InChI is InChI=1S/C30H30F2N2O4/c1-37-24-7-5-23(6-8-24)34-28(35)25-9-4-22(29(36)38-2)18-21(25)11-12-30(34)13-15-33(16-14-30)19-20-3-10-26(31)27(32)17-20/h3-10,17-18H,11-16,19H2,1-2H3. The molecule has 3 aromatic carbocycles. The molecule has 1 saturated heterocycles. The molecule has 2 heterocycles. The van der Waals surface area contributed by atoms with Crippen molar-refractivity contribution < 1.29 is 27.8 Å². The number of methoxy groups -OCH3 is 2. The SMILES string of the molecule is COC(=O)c1ccc2c(c1)CCC1(CCN(Cc3ccc(F)c(F)c3)CC1)N(c1ccc(OC)cc1)C2=O. The number of carbonyl (C=O) groups is 2. The van der Waals surface area contributed by atoms with E-state index in [4.69, 9.17) is 9.47 Å². The molecule has 198 valence electrons. The van der Waals surface area contributed by atoms with E-state index in [0.29, 0.717) is 61.3 Å². The van der Waals surface area contributed by atoms with Gasteiger partial charge in [0.05, 0.1) is 25.3 Å². The highest BCUT2D eigenvalue weighted by atomic mass is 19.2. The molecule has 0 aliphatic carbocycles. The van der Waals surface area contributed by atoms with Crippen LogP contribution in [-0.2, 0) is 17.7 Å². The van der Waals surface area contributed by atoms with E-state index >= 15 is 0 Å². The highest BCUT2D eigenvalue weighted by Crippen LogP contribution is 2.41. The van der Waals surface area contributed by atoms with Gasteiger partial charge in [0.2, 0.25) is 0 Å². The Hall–Kier alpha value is -3.78. The summed E-state index contributed by atoms with van der Waals surface area (Å²) in [5.41, 5.74) is 2.89.